The predicted octanol–water partition coefficient (Wildman–Crippen LogP) is 0.403. The highest BCUT2D eigenvalue weighted by atomic mass is 16.5. The van der Waals surface area contributed by atoms with E-state index >= 15 is 0 Å². The van der Waals surface area contributed by atoms with Crippen LogP contribution in [0.2, 0.25) is 0 Å². The van der Waals surface area contributed by atoms with Gasteiger partial charge in [-0.15, -0.1) is 0 Å². The minimum atomic E-state index is -0.320. The summed E-state index contributed by atoms with van der Waals surface area (Å²) in [5, 5.41) is 0. The highest BCUT2D eigenvalue weighted by Gasteiger charge is 2.14. The Bertz CT molecular complexity index is 382. The Balaban J connectivity index is 2.91. The molecule has 0 fully saturated rings. The van der Waals surface area contributed by atoms with E-state index in [0.717, 1.165) is 5.56 Å². The third-order valence-electron chi connectivity index (χ3n) is 2.16. The maximum absolute atomic E-state index is 11.1. The molecule has 1 heterocycles. The first-order valence-electron chi connectivity index (χ1n) is 4.73. The normalized spacial score (nSPS) is 9.75. The first-order valence-corrected chi connectivity index (χ1v) is 4.73. The Kier molecular flexibility index (Phi) is 4.04. The number of hydrogen-bond acceptors (Lipinski definition) is 6. The standard InChI is InChI=1S/C10H15N3O3/c1-7-9(11-6-12-10(7)16-4)13(2)5-8(14)15-3/h6H,5H2,1-4H3. The van der Waals surface area contributed by atoms with Crippen molar-refractivity contribution in [2.75, 3.05) is 32.7 Å². The van der Waals surface area contributed by atoms with Crippen molar-refractivity contribution in [2.24, 2.45) is 0 Å². The summed E-state index contributed by atoms with van der Waals surface area (Å²) in [6, 6.07) is 0. The molecule has 0 radical (unpaired) electrons. The molecule has 0 unspecified atom stereocenters. The van der Waals surface area contributed by atoms with Crippen LogP contribution in [0.3, 0.4) is 0 Å². The van der Waals surface area contributed by atoms with Crippen molar-refractivity contribution in [3.63, 3.8) is 0 Å². The lowest BCUT2D eigenvalue weighted by atomic mass is 10.3. The van der Waals surface area contributed by atoms with Crippen LogP contribution in [0.25, 0.3) is 0 Å². The smallest absolute Gasteiger partial charge is 0.325 e. The van der Waals surface area contributed by atoms with Gasteiger partial charge in [0.05, 0.1) is 19.8 Å². The summed E-state index contributed by atoms with van der Waals surface area (Å²) in [5.41, 5.74) is 0.788. The Morgan fingerprint density at radius 3 is 2.69 bits per heavy atom. The molecule has 0 N–H and O–H groups in total. The van der Waals surface area contributed by atoms with Gasteiger partial charge in [-0.1, -0.05) is 0 Å². The number of carbonyl (C=O) groups is 1. The molecule has 0 spiro atoms. The van der Waals surface area contributed by atoms with Crippen LogP contribution in [0, 0.1) is 6.92 Å². The van der Waals surface area contributed by atoms with Crippen LogP contribution in [0.1, 0.15) is 5.56 Å². The molecule has 0 amide bonds. The number of esters is 1. The number of nitrogens with zero attached hydrogens (tertiary/aromatic N) is 3. The van der Waals surface area contributed by atoms with Gasteiger partial charge in [0.1, 0.15) is 18.7 Å². The maximum atomic E-state index is 11.1. The lowest BCUT2D eigenvalue weighted by molar-refractivity contribution is -0.138. The molecule has 0 bridgehead atoms. The molecule has 0 aromatic carbocycles. The fourth-order valence-electron chi connectivity index (χ4n) is 1.35. The Morgan fingerprint density at radius 1 is 1.44 bits per heavy atom. The van der Waals surface area contributed by atoms with E-state index < -0.39 is 0 Å². The second kappa shape index (κ2) is 5.29. The number of likely N-dealkylation sites (N-methyl/N-ethyl adjacent to an activating group) is 1. The lowest BCUT2D eigenvalue weighted by Crippen LogP contribution is -2.28. The average molecular weight is 225 g/mol. The topological polar surface area (TPSA) is 64.5 Å². The lowest BCUT2D eigenvalue weighted by Gasteiger charge is -2.19. The van der Waals surface area contributed by atoms with Gasteiger partial charge in [-0.05, 0) is 6.92 Å². The summed E-state index contributed by atoms with van der Waals surface area (Å²) in [6.07, 6.45) is 1.40. The molecule has 6 nitrogen and oxygen atoms in total. The van der Waals surface area contributed by atoms with Gasteiger partial charge < -0.3 is 14.4 Å². The summed E-state index contributed by atoms with van der Waals surface area (Å²) in [5.74, 6) is 0.832. The molecule has 88 valence electrons. The van der Waals surface area contributed by atoms with Gasteiger partial charge in [0.15, 0.2) is 0 Å². The molecule has 0 aliphatic carbocycles. The number of carbonyl (C=O) groups excluding carboxylic acids is 1. The fourth-order valence-corrected chi connectivity index (χ4v) is 1.35. The first kappa shape index (κ1) is 12.2. The number of ether oxygens (including phenoxy) is 2. The molecule has 0 atom stereocenters. The van der Waals surface area contributed by atoms with Crippen LogP contribution in [0.4, 0.5) is 5.82 Å². The summed E-state index contributed by atoms with van der Waals surface area (Å²) in [6.45, 7) is 1.97. The Labute approximate surface area is 94.2 Å². The van der Waals surface area contributed by atoms with Gasteiger partial charge in [-0.2, -0.15) is 0 Å². The minimum Gasteiger partial charge on any atom is -0.481 e. The van der Waals surface area contributed by atoms with E-state index in [1.165, 1.54) is 13.4 Å². The average Bonchev–Trinajstić information content (AvgIpc) is 2.29. The second-order valence-corrected chi connectivity index (χ2v) is 3.26. The summed E-state index contributed by atoms with van der Waals surface area (Å²) < 4.78 is 9.66. The molecule has 0 aliphatic rings. The van der Waals surface area contributed by atoms with Gasteiger partial charge in [0, 0.05) is 7.05 Å². The zero-order valence-corrected chi connectivity index (χ0v) is 9.85. The predicted molar refractivity (Wildman–Crippen MR) is 58.6 cm³/mol. The molecule has 0 saturated heterocycles. The van der Waals surface area contributed by atoms with E-state index in [9.17, 15) is 4.79 Å². The van der Waals surface area contributed by atoms with Crippen LogP contribution < -0.4 is 9.64 Å². The quantitative estimate of drug-likeness (QED) is 0.691. The number of anilines is 1. The van der Waals surface area contributed by atoms with Crippen LogP contribution in [0.5, 0.6) is 5.88 Å². The highest BCUT2D eigenvalue weighted by molar-refractivity contribution is 5.75. The van der Waals surface area contributed by atoms with Crippen molar-refractivity contribution in [2.45, 2.75) is 6.92 Å². The third kappa shape index (κ3) is 2.59. The second-order valence-electron chi connectivity index (χ2n) is 3.26. The Morgan fingerprint density at radius 2 is 2.12 bits per heavy atom. The molecule has 0 saturated carbocycles. The van der Waals surface area contributed by atoms with Gasteiger partial charge in [-0.3, -0.25) is 4.79 Å². The molecular formula is C10H15N3O3. The molecule has 1 aromatic rings. The van der Waals surface area contributed by atoms with E-state index in [-0.39, 0.29) is 12.5 Å². The zero-order valence-electron chi connectivity index (χ0n) is 9.85. The summed E-state index contributed by atoms with van der Waals surface area (Å²) >= 11 is 0. The number of hydrogen-bond donors (Lipinski definition) is 0. The Hall–Kier alpha value is -1.85. The molecule has 16 heavy (non-hydrogen) atoms. The SMILES string of the molecule is COC(=O)CN(C)c1ncnc(OC)c1C. The van der Waals surface area contributed by atoms with Crippen molar-refractivity contribution >= 4 is 11.8 Å². The van der Waals surface area contributed by atoms with Crippen LogP contribution in [0.15, 0.2) is 6.33 Å². The third-order valence-corrected chi connectivity index (χ3v) is 2.16. The summed E-state index contributed by atoms with van der Waals surface area (Å²) in [7, 11) is 4.65. The molecule has 0 aliphatic heterocycles. The van der Waals surface area contributed by atoms with Crippen molar-refractivity contribution in [3.05, 3.63) is 11.9 Å². The van der Waals surface area contributed by atoms with Gasteiger partial charge >= 0.3 is 5.97 Å². The molecule has 1 aromatic heterocycles. The molecule has 6 heteroatoms. The summed E-state index contributed by atoms with van der Waals surface area (Å²) in [4.78, 5) is 20.9. The first-order chi connectivity index (χ1) is 7.60. The van der Waals surface area contributed by atoms with Gasteiger partial charge in [0.25, 0.3) is 0 Å². The maximum Gasteiger partial charge on any atom is 0.325 e. The van der Waals surface area contributed by atoms with Crippen molar-refractivity contribution in [3.8, 4) is 5.88 Å². The van der Waals surface area contributed by atoms with E-state index in [0.29, 0.717) is 11.7 Å². The van der Waals surface area contributed by atoms with Crippen molar-refractivity contribution in [1.29, 1.82) is 0 Å². The fraction of sp³-hybridized carbons (Fsp3) is 0.500. The van der Waals surface area contributed by atoms with Crippen LogP contribution in [-0.2, 0) is 9.53 Å². The zero-order chi connectivity index (χ0) is 12.1. The highest BCUT2D eigenvalue weighted by Crippen LogP contribution is 2.22. The number of methoxy groups -OCH3 is 2. The van der Waals surface area contributed by atoms with E-state index in [4.69, 9.17) is 4.74 Å². The number of aromatic nitrogens is 2. The molecule has 1 rings (SSSR count). The van der Waals surface area contributed by atoms with E-state index in [1.807, 2.05) is 6.92 Å². The van der Waals surface area contributed by atoms with E-state index in [1.54, 1.807) is 19.1 Å². The minimum absolute atomic E-state index is 0.136. The molecular weight excluding hydrogens is 210 g/mol. The van der Waals surface area contributed by atoms with Crippen LogP contribution in [-0.4, -0.2) is 43.7 Å². The number of rotatable bonds is 4. The van der Waals surface area contributed by atoms with Gasteiger partial charge in [-0.25, -0.2) is 9.97 Å². The van der Waals surface area contributed by atoms with Gasteiger partial charge in [0.2, 0.25) is 5.88 Å². The monoisotopic (exact) mass is 225 g/mol. The van der Waals surface area contributed by atoms with Crippen molar-refractivity contribution in [1.82, 2.24) is 9.97 Å². The van der Waals surface area contributed by atoms with Crippen LogP contribution >= 0.6 is 0 Å². The largest absolute Gasteiger partial charge is 0.481 e. The van der Waals surface area contributed by atoms with Crippen molar-refractivity contribution < 1.29 is 14.3 Å². The van der Waals surface area contributed by atoms with E-state index in [2.05, 4.69) is 14.7 Å².